The van der Waals surface area contributed by atoms with Gasteiger partial charge in [-0.25, -0.2) is 8.78 Å². The third kappa shape index (κ3) is 4.11. The van der Waals surface area contributed by atoms with E-state index in [1.54, 1.807) is 6.92 Å². The van der Waals surface area contributed by atoms with Crippen molar-refractivity contribution in [3.63, 3.8) is 0 Å². The Morgan fingerprint density at radius 3 is 2.58 bits per heavy atom. The Balaban J connectivity index is 1.62. The third-order valence-electron chi connectivity index (χ3n) is 4.27. The number of amides is 1. The molecule has 0 aliphatic carbocycles. The largest absolute Gasteiger partial charge is 0.486 e. The van der Waals surface area contributed by atoms with Crippen LogP contribution in [0, 0.1) is 11.6 Å². The van der Waals surface area contributed by atoms with Gasteiger partial charge in [-0.2, -0.15) is 0 Å². The second-order valence-corrected chi connectivity index (χ2v) is 6.19. The Kier molecular flexibility index (Phi) is 5.37. The van der Waals surface area contributed by atoms with Gasteiger partial charge in [-0.3, -0.25) is 9.69 Å². The van der Waals surface area contributed by atoms with Crippen LogP contribution in [0.15, 0.2) is 36.4 Å². The lowest BCUT2D eigenvalue weighted by atomic mass is 10.1. The number of hydrogen-bond acceptors (Lipinski definition) is 4. The topological polar surface area (TPSA) is 50.8 Å². The van der Waals surface area contributed by atoms with E-state index >= 15 is 0 Å². The summed E-state index contributed by atoms with van der Waals surface area (Å²) in [7, 11) is 1.81. The number of hydrogen-bond donors (Lipinski definition) is 1. The zero-order valence-corrected chi connectivity index (χ0v) is 14.6. The van der Waals surface area contributed by atoms with Crippen LogP contribution in [-0.4, -0.2) is 37.1 Å². The monoisotopic (exact) mass is 362 g/mol. The summed E-state index contributed by atoms with van der Waals surface area (Å²) in [4.78, 5) is 14.2. The number of nitrogens with zero attached hydrogens (tertiary/aromatic N) is 1. The van der Waals surface area contributed by atoms with E-state index in [0.29, 0.717) is 31.3 Å². The fourth-order valence-electron chi connectivity index (χ4n) is 2.63. The van der Waals surface area contributed by atoms with Crippen LogP contribution in [0.5, 0.6) is 11.5 Å². The number of halogens is 2. The first-order valence-electron chi connectivity index (χ1n) is 8.28. The van der Waals surface area contributed by atoms with Crippen LogP contribution in [0.2, 0.25) is 0 Å². The summed E-state index contributed by atoms with van der Waals surface area (Å²) in [5.41, 5.74) is 1.19. The Morgan fingerprint density at radius 2 is 1.85 bits per heavy atom. The zero-order valence-electron chi connectivity index (χ0n) is 14.6. The third-order valence-corrected chi connectivity index (χ3v) is 4.27. The van der Waals surface area contributed by atoms with Crippen LogP contribution >= 0.6 is 0 Å². The second kappa shape index (κ2) is 7.70. The maximum absolute atomic E-state index is 13.3. The first-order valence-corrected chi connectivity index (χ1v) is 8.28. The lowest BCUT2D eigenvalue weighted by molar-refractivity contribution is -0.120. The molecule has 0 saturated heterocycles. The van der Waals surface area contributed by atoms with Gasteiger partial charge in [-0.15, -0.1) is 0 Å². The average molecular weight is 362 g/mol. The molecule has 0 fully saturated rings. The molecule has 0 radical (unpaired) electrons. The van der Waals surface area contributed by atoms with E-state index in [4.69, 9.17) is 9.47 Å². The van der Waals surface area contributed by atoms with E-state index in [1.165, 1.54) is 6.07 Å². The number of nitrogens with one attached hydrogen (secondary N) is 1. The van der Waals surface area contributed by atoms with Gasteiger partial charge in [-0.05, 0) is 43.8 Å². The number of carbonyl (C=O) groups is 1. The molecule has 1 aliphatic rings. The average Bonchev–Trinajstić information content (AvgIpc) is 2.64. The molecule has 1 heterocycles. The van der Waals surface area contributed by atoms with E-state index in [2.05, 4.69) is 5.32 Å². The minimum atomic E-state index is -1.000. The molecular weight excluding hydrogens is 342 g/mol. The Labute approximate surface area is 150 Å². The van der Waals surface area contributed by atoms with Crippen LogP contribution in [0.1, 0.15) is 12.5 Å². The molecule has 1 amide bonds. The van der Waals surface area contributed by atoms with Crippen molar-refractivity contribution < 1.29 is 23.0 Å². The van der Waals surface area contributed by atoms with Crippen molar-refractivity contribution in [1.29, 1.82) is 0 Å². The first kappa shape index (κ1) is 18.1. The van der Waals surface area contributed by atoms with Crippen LogP contribution in [0.25, 0.3) is 0 Å². The summed E-state index contributed by atoms with van der Waals surface area (Å²) in [6, 6.07) is 8.45. The van der Waals surface area contributed by atoms with Crippen LogP contribution in [-0.2, 0) is 11.3 Å². The van der Waals surface area contributed by atoms with Crippen LogP contribution in [0.3, 0.4) is 0 Å². The highest BCUT2D eigenvalue weighted by Gasteiger charge is 2.20. The number of carbonyl (C=O) groups excluding carboxylic acids is 1. The van der Waals surface area contributed by atoms with Gasteiger partial charge >= 0.3 is 0 Å². The highest BCUT2D eigenvalue weighted by molar-refractivity contribution is 5.94. The Bertz CT molecular complexity index is 813. The zero-order chi connectivity index (χ0) is 18.7. The van der Waals surface area contributed by atoms with Crippen molar-refractivity contribution >= 4 is 11.6 Å². The number of anilines is 1. The molecule has 138 valence electrons. The van der Waals surface area contributed by atoms with Crippen molar-refractivity contribution in [2.45, 2.75) is 19.5 Å². The van der Waals surface area contributed by atoms with Crippen molar-refractivity contribution in [2.75, 3.05) is 25.6 Å². The standard InChI is InChI=1S/C19H20F2N2O3/c1-12(19(24)22-14-4-5-15(20)16(21)10-14)23(2)11-13-3-6-17-18(9-13)26-8-7-25-17/h3-6,9-10,12H,7-8,11H2,1-2H3,(H,22,24)/t12-/m0/s1. The Hall–Kier alpha value is -2.67. The van der Waals surface area contributed by atoms with Gasteiger partial charge in [0.2, 0.25) is 5.91 Å². The normalized spacial score (nSPS) is 14.2. The molecule has 2 aromatic rings. The maximum Gasteiger partial charge on any atom is 0.241 e. The smallest absolute Gasteiger partial charge is 0.241 e. The van der Waals surface area contributed by atoms with Crippen LogP contribution in [0.4, 0.5) is 14.5 Å². The van der Waals surface area contributed by atoms with Gasteiger partial charge in [0.1, 0.15) is 13.2 Å². The molecule has 0 saturated carbocycles. The predicted octanol–water partition coefficient (Wildman–Crippen LogP) is 3.20. The molecule has 1 aliphatic heterocycles. The molecule has 1 atom stereocenters. The lowest BCUT2D eigenvalue weighted by Crippen LogP contribution is -2.39. The Morgan fingerprint density at radius 1 is 1.12 bits per heavy atom. The molecule has 0 aromatic heterocycles. The predicted molar refractivity (Wildman–Crippen MR) is 93.3 cm³/mol. The number of likely N-dealkylation sites (N-methyl/N-ethyl adjacent to an activating group) is 1. The van der Waals surface area contributed by atoms with Crippen molar-refractivity contribution in [2.24, 2.45) is 0 Å². The van der Waals surface area contributed by atoms with E-state index in [-0.39, 0.29) is 11.6 Å². The molecule has 26 heavy (non-hydrogen) atoms. The highest BCUT2D eigenvalue weighted by atomic mass is 19.2. The fourth-order valence-corrected chi connectivity index (χ4v) is 2.63. The van der Waals surface area contributed by atoms with E-state index in [0.717, 1.165) is 17.7 Å². The molecular formula is C19H20F2N2O3. The van der Waals surface area contributed by atoms with E-state index in [1.807, 2.05) is 30.1 Å². The minimum Gasteiger partial charge on any atom is -0.486 e. The number of benzene rings is 2. The molecule has 0 bridgehead atoms. The minimum absolute atomic E-state index is 0.216. The fraction of sp³-hybridized carbons (Fsp3) is 0.316. The quantitative estimate of drug-likeness (QED) is 0.888. The summed E-state index contributed by atoms with van der Waals surface area (Å²) in [6.07, 6.45) is 0. The maximum atomic E-state index is 13.3. The van der Waals surface area contributed by atoms with Crippen molar-refractivity contribution in [3.05, 3.63) is 53.6 Å². The second-order valence-electron chi connectivity index (χ2n) is 6.19. The molecule has 1 N–H and O–H groups in total. The van der Waals surface area contributed by atoms with Crippen molar-refractivity contribution in [1.82, 2.24) is 4.90 Å². The molecule has 0 spiro atoms. The molecule has 7 heteroatoms. The molecule has 2 aromatic carbocycles. The summed E-state index contributed by atoms with van der Waals surface area (Å²) < 4.78 is 37.3. The van der Waals surface area contributed by atoms with E-state index < -0.39 is 17.7 Å². The van der Waals surface area contributed by atoms with Gasteiger partial charge in [0.05, 0.1) is 6.04 Å². The number of fused-ring (bicyclic) bond motifs is 1. The highest BCUT2D eigenvalue weighted by Crippen LogP contribution is 2.31. The SMILES string of the molecule is C[C@@H](C(=O)Nc1ccc(F)c(F)c1)N(C)Cc1ccc2c(c1)OCCO2. The van der Waals surface area contributed by atoms with Gasteiger partial charge < -0.3 is 14.8 Å². The first-order chi connectivity index (χ1) is 12.4. The van der Waals surface area contributed by atoms with Gasteiger partial charge in [-0.1, -0.05) is 6.07 Å². The number of rotatable bonds is 5. The van der Waals surface area contributed by atoms with Gasteiger partial charge in [0.25, 0.3) is 0 Å². The van der Waals surface area contributed by atoms with E-state index in [9.17, 15) is 13.6 Å². The van der Waals surface area contributed by atoms with Crippen molar-refractivity contribution in [3.8, 4) is 11.5 Å². The van der Waals surface area contributed by atoms with Gasteiger partial charge in [0, 0.05) is 18.3 Å². The molecule has 0 unspecified atom stereocenters. The summed E-state index contributed by atoms with van der Waals surface area (Å²) in [6.45, 7) is 3.31. The summed E-state index contributed by atoms with van der Waals surface area (Å²) in [5, 5.41) is 2.59. The summed E-state index contributed by atoms with van der Waals surface area (Å²) >= 11 is 0. The lowest BCUT2D eigenvalue weighted by Gasteiger charge is -2.25. The number of ether oxygens (including phenoxy) is 2. The molecule has 5 nitrogen and oxygen atoms in total. The van der Waals surface area contributed by atoms with Gasteiger partial charge in [0.15, 0.2) is 23.1 Å². The van der Waals surface area contributed by atoms with Crippen LogP contribution < -0.4 is 14.8 Å². The molecule has 3 rings (SSSR count). The summed E-state index contributed by atoms with van der Waals surface area (Å²) in [5.74, 6) is -0.851.